The lowest BCUT2D eigenvalue weighted by Crippen LogP contribution is -2.52. The number of nitrogens with one attached hydrogen (secondary N) is 1. The minimum Gasteiger partial charge on any atom is -0.378 e. The molecule has 8 nitrogen and oxygen atoms in total. The summed E-state index contributed by atoms with van der Waals surface area (Å²) in [5.74, 6) is 0.877. The first-order valence-electron chi connectivity index (χ1n) is 9.31. The summed E-state index contributed by atoms with van der Waals surface area (Å²) >= 11 is 6.01. The van der Waals surface area contributed by atoms with Crippen LogP contribution in [0.1, 0.15) is 11.3 Å². The van der Waals surface area contributed by atoms with Gasteiger partial charge in [-0.05, 0) is 24.6 Å². The molecule has 2 aromatic heterocycles. The van der Waals surface area contributed by atoms with E-state index in [9.17, 15) is 4.79 Å². The first-order chi connectivity index (χ1) is 14.1. The Kier molecular flexibility index (Phi) is 5.84. The number of benzene rings is 1. The van der Waals surface area contributed by atoms with Crippen LogP contribution in [0.25, 0.3) is 5.95 Å². The molecule has 1 fully saturated rings. The molecule has 0 spiro atoms. The largest absolute Gasteiger partial charge is 0.378 e. The fourth-order valence-electron chi connectivity index (χ4n) is 3.12. The number of aryl methyl sites for hydroxylation is 1. The van der Waals surface area contributed by atoms with Crippen molar-refractivity contribution < 1.29 is 9.53 Å². The summed E-state index contributed by atoms with van der Waals surface area (Å²) in [7, 11) is 0. The standard InChI is InChI=1S/C20H21ClN6O2/c1-14-10-18(25-20(24-14)26-8-6-22-13-26)27(11-15-2-4-16(21)5-3-15)19(28)17-12-29-9-7-23-17/h2-6,8,10,13,17,23H,7,9,11-12H2,1H3. The zero-order valence-corrected chi connectivity index (χ0v) is 16.7. The van der Waals surface area contributed by atoms with E-state index in [0.29, 0.717) is 43.1 Å². The van der Waals surface area contributed by atoms with E-state index in [-0.39, 0.29) is 5.91 Å². The van der Waals surface area contributed by atoms with Gasteiger partial charge in [-0.15, -0.1) is 0 Å². The summed E-state index contributed by atoms with van der Waals surface area (Å²) in [6.07, 6.45) is 5.05. The number of anilines is 1. The number of halogens is 1. The molecule has 150 valence electrons. The highest BCUT2D eigenvalue weighted by Gasteiger charge is 2.28. The van der Waals surface area contributed by atoms with Crippen molar-refractivity contribution in [1.82, 2.24) is 24.8 Å². The maximum absolute atomic E-state index is 13.4. The predicted molar refractivity (Wildman–Crippen MR) is 109 cm³/mol. The number of hydrogen-bond acceptors (Lipinski definition) is 6. The van der Waals surface area contributed by atoms with E-state index in [1.54, 1.807) is 34.3 Å². The van der Waals surface area contributed by atoms with Gasteiger partial charge in [0.15, 0.2) is 0 Å². The summed E-state index contributed by atoms with van der Waals surface area (Å²) in [5, 5.41) is 3.87. The van der Waals surface area contributed by atoms with Gasteiger partial charge in [0.05, 0.1) is 19.8 Å². The Bertz CT molecular complexity index is 971. The molecule has 0 radical (unpaired) electrons. The van der Waals surface area contributed by atoms with Crippen molar-refractivity contribution in [1.29, 1.82) is 0 Å². The van der Waals surface area contributed by atoms with Crippen LogP contribution in [0.3, 0.4) is 0 Å². The van der Waals surface area contributed by atoms with E-state index < -0.39 is 6.04 Å². The Morgan fingerprint density at radius 2 is 2.17 bits per heavy atom. The van der Waals surface area contributed by atoms with Crippen LogP contribution in [-0.4, -0.2) is 51.2 Å². The molecule has 0 bridgehead atoms. The van der Waals surface area contributed by atoms with Crippen molar-refractivity contribution in [2.24, 2.45) is 0 Å². The third-order valence-corrected chi connectivity index (χ3v) is 4.83. The van der Waals surface area contributed by atoms with Gasteiger partial charge in [-0.3, -0.25) is 14.3 Å². The van der Waals surface area contributed by atoms with Crippen molar-refractivity contribution >= 4 is 23.3 Å². The molecule has 3 aromatic rings. The minimum absolute atomic E-state index is 0.102. The second-order valence-electron chi connectivity index (χ2n) is 6.77. The fourth-order valence-corrected chi connectivity index (χ4v) is 3.25. The predicted octanol–water partition coefficient (Wildman–Crippen LogP) is 2.15. The van der Waals surface area contributed by atoms with Crippen LogP contribution in [0.5, 0.6) is 0 Å². The van der Waals surface area contributed by atoms with Gasteiger partial charge in [0.25, 0.3) is 0 Å². The molecule has 3 heterocycles. The Morgan fingerprint density at radius 1 is 1.34 bits per heavy atom. The summed E-state index contributed by atoms with van der Waals surface area (Å²) in [5.41, 5.74) is 1.69. The molecule has 1 amide bonds. The van der Waals surface area contributed by atoms with E-state index >= 15 is 0 Å². The average Bonchev–Trinajstić information content (AvgIpc) is 3.28. The van der Waals surface area contributed by atoms with E-state index in [1.165, 1.54) is 0 Å². The quantitative estimate of drug-likeness (QED) is 0.691. The molecule has 0 saturated carbocycles. The highest BCUT2D eigenvalue weighted by molar-refractivity contribution is 6.30. The number of ether oxygens (including phenoxy) is 1. The first-order valence-corrected chi connectivity index (χ1v) is 9.69. The third-order valence-electron chi connectivity index (χ3n) is 4.58. The molecule has 1 unspecified atom stereocenters. The first kappa shape index (κ1) is 19.5. The number of amides is 1. The number of carbonyl (C=O) groups excluding carboxylic acids is 1. The van der Waals surface area contributed by atoms with E-state index in [1.807, 2.05) is 31.2 Å². The minimum atomic E-state index is -0.428. The maximum Gasteiger partial charge on any atom is 0.247 e. The second kappa shape index (κ2) is 8.69. The SMILES string of the molecule is Cc1cc(N(Cc2ccc(Cl)cc2)C(=O)C2COCCN2)nc(-n2ccnc2)n1. The molecule has 1 aliphatic rings. The zero-order valence-electron chi connectivity index (χ0n) is 16.0. The molecule has 1 N–H and O–H groups in total. The number of morpholine rings is 1. The Balaban J connectivity index is 1.71. The van der Waals surface area contributed by atoms with Crippen LogP contribution >= 0.6 is 11.6 Å². The van der Waals surface area contributed by atoms with Crippen LogP contribution in [0.2, 0.25) is 5.02 Å². The van der Waals surface area contributed by atoms with Crippen LogP contribution in [0.4, 0.5) is 5.82 Å². The Labute approximate surface area is 173 Å². The fraction of sp³-hybridized carbons (Fsp3) is 0.300. The van der Waals surface area contributed by atoms with E-state index in [4.69, 9.17) is 16.3 Å². The molecular weight excluding hydrogens is 392 g/mol. The number of carbonyl (C=O) groups is 1. The van der Waals surface area contributed by atoms with E-state index in [2.05, 4.69) is 20.3 Å². The average molecular weight is 413 g/mol. The van der Waals surface area contributed by atoms with Gasteiger partial charge in [-0.25, -0.2) is 9.97 Å². The summed E-state index contributed by atoms with van der Waals surface area (Å²) in [6.45, 7) is 3.79. The van der Waals surface area contributed by atoms with Crippen molar-refractivity contribution in [2.45, 2.75) is 19.5 Å². The topological polar surface area (TPSA) is 85.2 Å². The number of nitrogens with zero attached hydrogens (tertiary/aromatic N) is 5. The molecule has 4 rings (SSSR count). The van der Waals surface area contributed by atoms with Gasteiger partial charge in [-0.1, -0.05) is 23.7 Å². The normalized spacial score (nSPS) is 16.6. The highest BCUT2D eigenvalue weighted by Crippen LogP contribution is 2.20. The number of aromatic nitrogens is 4. The lowest BCUT2D eigenvalue weighted by Gasteiger charge is -2.30. The van der Waals surface area contributed by atoms with Crippen LogP contribution in [0, 0.1) is 6.92 Å². The van der Waals surface area contributed by atoms with Crippen LogP contribution in [0.15, 0.2) is 49.1 Å². The smallest absolute Gasteiger partial charge is 0.247 e. The molecule has 1 aliphatic heterocycles. The van der Waals surface area contributed by atoms with Crippen molar-refractivity contribution in [3.63, 3.8) is 0 Å². The van der Waals surface area contributed by atoms with E-state index in [0.717, 1.165) is 11.3 Å². The Morgan fingerprint density at radius 3 is 2.86 bits per heavy atom. The summed E-state index contributed by atoms with van der Waals surface area (Å²) < 4.78 is 7.20. The van der Waals surface area contributed by atoms with Crippen molar-refractivity contribution in [3.05, 3.63) is 65.3 Å². The third kappa shape index (κ3) is 4.61. The molecule has 1 aromatic carbocycles. The van der Waals surface area contributed by atoms with Gasteiger partial charge >= 0.3 is 0 Å². The molecule has 9 heteroatoms. The lowest BCUT2D eigenvalue weighted by molar-refractivity contribution is -0.123. The number of imidazole rings is 1. The number of rotatable bonds is 5. The summed E-state index contributed by atoms with van der Waals surface area (Å²) in [6, 6.07) is 8.80. The monoisotopic (exact) mass is 412 g/mol. The highest BCUT2D eigenvalue weighted by atomic mass is 35.5. The van der Waals surface area contributed by atoms with Crippen molar-refractivity contribution in [2.75, 3.05) is 24.7 Å². The van der Waals surface area contributed by atoms with Gasteiger partial charge < -0.3 is 10.1 Å². The molecule has 0 aliphatic carbocycles. The van der Waals surface area contributed by atoms with Gasteiger partial charge in [0, 0.05) is 35.7 Å². The van der Waals surface area contributed by atoms with Crippen molar-refractivity contribution in [3.8, 4) is 5.95 Å². The maximum atomic E-state index is 13.4. The van der Waals surface area contributed by atoms with Crippen LogP contribution < -0.4 is 10.2 Å². The number of hydrogen-bond donors (Lipinski definition) is 1. The van der Waals surface area contributed by atoms with Gasteiger partial charge in [-0.2, -0.15) is 4.98 Å². The molecule has 1 saturated heterocycles. The zero-order chi connectivity index (χ0) is 20.2. The lowest BCUT2D eigenvalue weighted by atomic mass is 10.1. The van der Waals surface area contributed by atoms with Gasteiger partial charge in [0.1, 0.15) is 18.2 Å². The molecular formula is C20H21ClN6O2. The van der Waals surface area contributed by atoms with Gasteiger partial charge in [0.2, 0.25) is 11.9 Å². The molecule has 29 heavy (non-hydrogen) atoms. The molecule has 1 atom stereocenters. The summed E-state index contributed by atoms with van der Waals surface area (Å²) in [4.78, 5) is 28.2. The van der Waals surface area contributed by atoms with Crippen LogP contribution in [-0.2, 0) is 16.1 Å². The second-order valence-corrected chi connectivity index (χ2v) is 7.21. The Hall–Kier alpha value is -2.81.